The van der Waals surface area contributed by atoms with Crippen LogP contribution in [-0.2, 0) is 4.79 Å². The minimum Gasteiger partial charge on any atom is -0.351 e. The second-order valence-corrected chi connectivity index (χ2v) is 6.46. The summed E-state index contributed by atoms with van der Waals surface area (Å²) in [5.74, 6) is -2.37. The van der Waals surface area contributed by atoms with Gasteiger partial charge in [0.1, 0.15) is 5.92 Å². The normalized spacial score (nSPS) is 15.7. The number of benzene rings is 2. The standard InChI is InChI=1S/C19H13ClN4O3/c20-12-6-7-15-14(8-12)16(18(26)24(15)19(21)27)17(25)11-9-22-23(10-11)13-4-2-1-3-5-13/h1-10,16H,(H2,21,27). The van der Waals surface area contributed by atoms with Gasteiger partial charge in [0.05, 0.1) is 23.1 Å². The molecule has 1 aromatic heterocycles. The molecule has 0 saturated heterocycles. The Morgan fingerprint density at radius 2 is 1.85 bits per heavy atom. The van der Waals surface area contributed by atoms with Gasteiger partial charge in [0.15, 0.2) is 5.78 Å². The topological polar surface area (TPSA) is 98.3 Å². The maximum atomic E-state index is 13.0. The van der Waals surface area contributed by atoms with Gasteiger partial charge in [-0.15, -0.1) is 0 Å². The molecule has 2 heterocycles. The van der Waals surface area contributed by atoms with E-state index in [1.807, 2.05) is 30.3 Å². The average Bonchev–Trinajstić information content (AvgIpc) is 3.24. The fourth-order valence-electron chi connectivity index (χ4n) is 3.16. The molecule has 27 heavy (non-hydrogen) atoms. The van der Waals surface area contributed by atoms with E-state index >= 15 is 0 Å². The molecule has 0 bridgehead atoms. The van der Waals surface area contributed by atoms with Crippen molar-refractivity contribution in [3.63, 3.8) is 0 Å². The maximum Gasteiger partial charge on any atom is 0.326 e. The number of rotatable bonds is 3. The third kappa shape index (κ3) is 2.78. The number of Topliss-reactive ketones (excluding diaryl/α,β-unsaturated/α-hetero) is 1. The first-order valence-electron chi connectivity index (χ1n) is 8.04. The Labute approximate surface area is 158 Å². The highest BCUT2D eigenvalue weighted by Crippen LogP contribution is 2.40. The molecule has 0 spiro atoms. The molecule has 2 aromatic carbocycles. The summed E-state index contributed by atoms with van der Waals surface area (Å²) in [4.78, 5) is 38.3. The third-order valence-corrected chi connectivity index (χ3v) is 4.61. The van der Waals surface area contributed by atoms with Crippen molar-refractivity contribution < 1.29 is 14.4 Å². The zero-order chi connectivity index (χ0) is 19.1. The van der Waals surface area contributed by atoms with E-state index in [2.05, 4.69) is 5.10 Å². The van der Waals surface area contributed by atoms with Crippen LogP contribution in [0.4, 0.5) is 10.5 Å². The number of aromatic nitrogens is 2. The Balaban J connectivity index is 1.74. The summed E-state index contributed by atoms with van der Waals surface area (Å²) >= 11 is 6.02. The van der Waals surface area contributed by atoms with Crippen molar-refractivity contribution in [3.8, 4) is 5.69 Å². The van der Waals surface area contributed by atoms with Gasteiger partial charge >= 0.3 is 6.03 Å². The molecule has 0 aliphatic carbocycles. The van der Waals surface area contributed by atoms with Gasteiger partial charge in [-0.25, -0.2) is 14.4 Å². The number of hydrogen-bond acceptors (Lipinski definition) is 4. The van der Waals surface area contributed by atoms with Crippen molar-refractivity contribution in [2.24, 2.45) is 5.73 Å². The van der Waals surface area contributed by atoms with Crippen LogP contribution in [0.1, 0.15) is 21.8 Å². The number of ketones is 1. The predicted octanol–water partition coefficient (Wildman–Crippen LogP) is 2.92. The molecule has 1 aliphatic rings. The Morgan fingerprint density at radius 3 is 2.56 bits per heavy atom. The van der Waals surface area contributed by atoms with Gasteiger partial charge in [-0.3, -0.25) is 9.59 Å². The number of imide groups is 1. The Kier molecular flexibility index (Phi) is 4.01. The summed E-state index contributed by atoms with van der Waals surface area (Å²) in [6, 6.07) is 12.8. The van der Waals surface area contributed by atoms with Crippen LogP contribution in [0.25, 0.3) is 5.69 Å². The molecular formula is C19H13ClN4O3. The van der Waals surface area contributed by atoms with Gasteiger partial charge in [0, 0.05) is 11.2 Å². The number of nitrogens with zero attached hydrogens (tertiary/aromatic N) is 3. The molecule has 1 atom stereocenters. The fraction of sp³-hybridized carbons (Fsp3) is 0.0526. The summed E-state index contributed by atoms with van der Waals surface area (Å²) in [5, 5.41) is 4.54. The largest absolute Gasteiger partial charge is 0.351 e. The third-order valence-electron chi connectivity index (χ3n) is 4.38. The van der Waals surface area contributed by atoms with Crippen molar-refractivity contribution >= 4 is 35.0 Å². The number of amides is 3. The number of halogens is 1. The van der Waals surface area contributed by atoms with Crippen LogP contribution < -0.4 is 10.6 Å². The monoisotopic (exact) mass is 380 g/mol. The first kappa shape index (κ1) is 17.0. The molecule has 1 aliphatic heterocycles. The summed E-state index contributed by atoms with van der Waals surface area (Å²) in [7, 11) is 0. The van der Waals surface area contributed by atoms with Crippen LogP contribution >= 0.6 is 11.6 Å². The fourth-order valence-corrected chi connectivity index (χ4v) is 3.34. The molecular weight excluding hydrogens is 368 g/mol. The van der Waals surface area contributed by atoms with Crippen LogP contribution in [0.3, 0.4) is 0 Å². The Hall–Kier alpha value is -3.45. The zero-order valence-corrected chi connectivity index (χ0v) is 14.6. The van der Waals surface area contributed by atoms with Crippen molar-refractivity contribution in [1.29, 1.82) is 0 Å². The number of primary amides is 1. The molecule has 4 rings (SSSR count). The van der Waals surface area contributed by atoms with Crippen LogP contribution in [0.5, 0.6) is 0 Å². The quantitative estimate of drug-likeness (QED) is 0.558. The van der Waals surface area contributed by atoms with Crippen LogP contribution in [0.15, 0.2) is 60.9 Å². The minimum absolute atomic E-state index is 0.245. The number of carbonyl (C=O) groups is 3. The van der Waals surface area contributed by atoms with Gasteiger partial charge in [-0.1, -0.05) is 29.8 Å². The molecule has 2 N–H and O–H groups in total. The molecule has 134 valence electrons. The first-order valence-corrected chi connectivity index (χ1v) is 8.42. The highest BCUT2D eigenvalue weighted by molar-refractivity contribution is 6.33. The molecule has 0 fully saturated rings. The summed E-state index contributed by atoms with van der Waals surface area (Å²) < 4.78 is 1.54. The van der Waals surface area contributed by atoms with Crippen LogP contribution in [-0.4, -0.2) is 27.5 Å². The Morgan fingerprint density at radius 1 is 1.11 bits per heavy atom. The van der Waals surface area contributed by atoms with E-state index < -0.39 is 23.6 Å². The molecule has 3 aromatic rings. The number of anilines is 1. The van der Waals surface area contributed by atoms with Crippen molar-refractivity contribution in [2.45, 2.75) is 5.92 Å². The molecule has 3 amide bonds. The molecule has 0 saturated carbocycles. The van der Waals surface area contributed by atoms with Crippen LogP contribution in [0, 0.1) is 0 Å². The summed E-state index contributed by atoms with van der Waals surface area (Å²) in [6.45, 7) is 0. The number of hydrogen-bond donors (Lipinski definition) is 1. The second kappa shape index (κ2) is 6.37. The van der Waals surface area contributed by atoms with E-state index in [0.29, 0.717) is 10.6 Å². The van der Waals surface area contributed by atoms with E-state index in [1.54, 1.807) is 6.20 Å². The van der Waals surface area contributed by atoms with E-state index in [0.717, 1.165) is 10.6 Å². The zero-order valence-electron chi connectivity index (χ0n) is 13.9. The molecule has 0 radical (unpaired) electrons. The summed E-state index contributed by atoms with van der Waals surface area (Å²) in [6.07, 6.45) is 2.93. The van der Waals surface area contributed by atoms with Gasteiger partial charge < -0.3 is 5.73 Å². The Bertz CT molecular complexity index is 1080. The lowest BCUT2D eigenvalue weighted by Gasteiger charge is -2.12. The number of fused-ring (bicyclic) bond motifs is 1. The highest BCUT2D eigenvalue weighted by Gasteiger charge is 2.44. The van der Waals surface area contributed by atoms with Crippen LogP contribution in [0.2, 0.25) is 5.02 Å². The smallest absolute Gasteiger partial charge is 0.326 e. The lowest BCUT2D eigenvalue weighted by Crippen LogP contribution is -2.40. The van der Waals surface area contributed by atoms with Crippen molar-refractivity contribution in [3.05, 3.63) is 77.1 Å². The molecule has 7 nitrogen and oxygen atoms in total. The lowest BCUT2D eigenvalue weighted by molar-refractivity contribution is -0.117. The number of urea groups is 1. The summed E-state index contributed by atoms with van der Waals surface area (Å²) in [5.41, 5.74) is 6.97. The highest BCUT2D eigenvalue weighted by atomic mass is 35.5. The van der Waals surface area contributed by atoms with Gasteiger partial charge in [0.2, 0.25) is 0 Å². The lowest BCUT2D eigenvalue weighted by atomic mass is 9.93. The number of para-hydroxylation sites is 1. The molecule has 1 unspecified atom stereocenters. The van der Waals surface area contributed by atoms with E-state index in [4.69, 9.17) is 17.3 Å². The van der Waals surface area contributed by atoms with Gasteiger partial charge in [-0.2, -0.15) is 5.10 Å². The van der Waals surface area contributed by atoms with E-state index in [9.17, 15) is 14.4 Å². The van der Waals surface area contributed by atoms with E-state index in [1.165, 1.54) is 29.1 Å². The predicted molar refractivity (Wildman–Crippen MR) is 99.2 cm³/mol. The minimum atomic E-state index is -1.19. The molecule has 8 heteroatoms. The van der Waals surface area contributed by atoms with Crippen molar-refractivity contribution in [1.82, 2.24) is 9.78 Å². The number of carbonyl (C=O) groups excluding carboxylic acids is 3. The first-order chi connectivity index (χ1) is 13.0. The SMILES string of the molecule is NC(=O)N1C(=O)C(C(=O)c2cnn(-c3ccccc3)c2)c2cc(Cl)ccc21. The van der Waals surface area contributed by atoms with Gasteiger partial charge in [-0.05, 0) is 35.9 Å². The second-order valence-electron chi connectivity index (χ2n) is 6.02. The van der Waals surface area contributed by atoms with Crippen molar-refractivity contribution in [2.75, 3.05) is 4.90 Å². The van der Waals surface area contributed by atoms with E-state index in [-0.39, 0.29) is 11.3 Å². The maximum absolute atomic E-state index is 13.0. The number of nitrogens with two attached hydrogens (primary N) is 1. The van der Waals surface area contributed by atoms with Gasteiger partial charge in [0.25, 0.3) is 5.91 Å². The average molecular weight is 381 g/mol.